The number of carbonyl (C=O) groups is 2. The van der Waals surface area contributed by atoms with Crippen LogP contribution in [0.4, 0.5) is 0 Å². The Bertz CT molecular complexity index is 926. The Balaban J connectivity index is 1.61. The fourth-order valence-corrected chi connectivity index (χ4v) is 3.20. The van der Waals surface area contributed by atoms with Gasteiger partial charge in [-0.15, -0.1) is 0 Å². The van der Waals surface area contributed by atoms with Crippen LogP contribution in [0.15, 0.2) is 30.3 Å². The van der Waals surface area contributed by atoms with E-state index in [1.54, 1.807) is 26.4 Å². The maximum Gasteiger partial charge on any atom is 0.309 e. The quantitative estimate of drug-likeness (QED) is 0.627. The summed E-state index contributed by atoms with van der Waals surface area (Å²) in [6.07, 6.45) is 0.818. The van der Waals surface area contributed by atoms with Gasteiger partial charge in [-0.1, -0.05) is 6.07 Å². The van der Waals surface area contributed by atoms with Gasteiger partial charge in [0.15, 0.2) is 23.0 Å². The van der Waals surface area contributed by atoms with Gasteiger partial charge in [0.05, 0.1) is 34.2 Å². The Morgan fingerprint density at radius 2 is 1.60 bits per heavy atom. The number of ether oxygens (including phenoxy) is 5. The van der Waals surface area contributed by atoms with Crippen LogP contribution in [0.2, 0.25) is 0 Å². The molecule has 1 N–H and O–H groups in total. The third-order valence-electron chi connectivity index (χ3n) is 4.79. The second-order valence-corrected chi connectivity index (χ2v) is 6.69. The molecule has 1 aliphatic rings. The molecule has 0 fully saturated rings. The van der Waals surface area contributed by atoms with Gasteiger partial charge in [-0.05, 0) is 47.4 Å². The molecule has 1 amide bonds. The number of nitrogens with one attached hydrogen (secondary N) is 1. The standard InChI is InChI=1S/C22H25NO7/c1-26-17-5-4-14(8-18(17)27-2)6-7-23-21(24)11-15-9-19-20(30-13-29-19)10-16(15)12-22(25)28-3/h4-5,8-10H,6-7,11-13H2,1-3H3,(H,23,24). The molecule has 0 aromatic heterocycles. The molecule has 0 atom stereocenters. The zero-order valence-electron chi connectivity index (χ0n) is 17.3. The van der Waals surface area contributed by atoms with E-state index in [1.165, 1.54) is 7.11 Å². The highest BCUT2D eigenvalue weighted by Crippen LogP contribution is 2.35. The van der Waals surface area contributed by atoms with Gasteiger partial charge in [0, 0.05) is 6.54 Å². The van der Waals surface area contributed by atoms with Gasteiger partial charge in [0.1, 0.15) is 0 Å². The lowest BCUT2D eigenvalue weighted by atomic mass is 10.0. The molecule has 8 heteroatoms. The van der Waals surface area contributed by atoms with Crippen LogP contribution in [0.1, 0.15) is 16.7 Å². The number of hydrogen-bond donors (Lipinski definition) is 1. The molecule has 0 spiro atoms. The first-order chi connectivity index (χ1) is 14.5. The summed E-state index contributed by atoms with van der Waals surface area (Å²) in [5.74, 6) is 1.90. The molecule has 0 saturated heterocycles. The molecule has 160 valence electrons. The predicted molar refractivity (Wildman–Crippen MR) is 108 cm³/mol. The summed E-state index contributed by atoms with van der Waals surface area (Å²) in [6, 6.07) is 9.12. The van der Waals surface area contributed by atoms with Crippen molar-refractivity contribution >= 4 is 11.9 Å². The maximum atomic E-state index is 12.5. The number of methoxy groups -OCH3 is 3. The first-order valence-corrected chi connectivity index (χ1v) is 9.50. The molecule has 1 heterocycles. The summed E-state index contributed by atoms with van der Waals surface area (Å²) in [5.41, 5.74) is 2.40. The summed E-state index contributed by atoms with van der Waals surface area (Å²) in [4.78, 5) is 24.2. The van der Waals surface area contributed by atoms with Crippen molar-refractivity contribution in [1.82, 2.24) is 5.32 Å². The molecule has 0 saturated carbocycles. The van der Waals surface area contributed by atoms with Gasteiger partial charge in [0.2, 0.25) is 12.7 Å². The van der Waals surface area contributed by atoms with Crippen LogP contribution in [-0.2, 0) is 33.6 Å². The Morgan fingerprint density at radius 3 is 2.23 bits per heavy atom. The molecule has 3 rings (SSSR count). The van der Waals surface area contributed by atoms with Crippen molar-refractivity contribution in [3.05, 3.63) is 47.0 Å². The largest absolute Gasteiger partial charge is 0.493 e. The van der Waals surface area contributed by atoms with E-state index in [9.17, 15) is 9.59 Å². The highest BCUT2D eigenvalue weighted by atomic mass is 16.7. The van der Waals surface area contributed by atoms with Gasteiger partial charge < -0.3 is 29.0 Å². The number of fused-ring (bicyclic) bond motifs is 1. The summed E-state index contributed by atoms with van der Waals surface area (Å²) < 4.78 is 26.0. The summed E-state index contributed by atoms with van der Waals surface area (Å²) in [6.45, 7) is 0.583. The predicted octanol–water partition coefficient (Wildman–Crippen LogP) is 2.05. The van der Waals surface area contributed by atoms with Gasteiger partial charge in [0.25, 0.3) is 0 Å². The van der Waals surface area contributed by atoms with Crippen molar-refractivity contribution in [3.8, 4) is 23.0 Å². The molecular weight excluding hydrogens is 390 g/mol. The van der Waals surface area contributed by atoms with Gasteiger partial charge in [-0.3, -0.25) is 9.59 Å². The average Bonchev–Trinajstić information content (AvgIpc) is 3.20. The second-order valence-electron chi connectivity index (χ2n) is 6.69. The van der Waals surface area contributed by atoms with Crippen molar-refractivity contribution in [2.24, 2.45) is 0 Å². The Kier molecular flexibility index (Phi) is 7.00. The van der Waals surface area contributed by atoms with Gasteiger partial charge in [-0.25, -0.2) is 0 Å². The normalized spacial score (nSPS) is 11.7. The molecule has 30 heavy (non-hydrogen) atoms. The topological polar surface area (TPSA) is 92.3 Å². The molecule has 2 aromatic carbocycles. The van der Waals surface area contributed by atoms with Crippen molar-refractivity contribution in [1.29, 1.82) is 0 Å². The Morgan fingerprint density at radius 1 is 0.933 bits per heavy atom. The van der Waals surface area contributed by atoms with Crippen molar-refractivity contribution in [2.45, 2.75) is 19.3 Å². The smallest absolute Gasteiger partial charge is 0.309 e. The minimum absolute atomic E-state index is 0.0569. The molecule has 0 bridgehead atoms. The first-order valence-electron chi connectivity index (χ1n) is 9.50. The highest BCUT2D eigenvalue weighted by Gasteiger charge is 2.20. The van der Waals surface area contributed by atoms with E-state index in [0.717, 1.165) is 5.56 Å². The van der Waals surface area contributed by atoms with Crippen LogP contribution in [-0.4, -0.2) is 46.5 Å². The van der Waals surface area contributed by atoms with Crippen LogP contribution in [0, 0.1) is 0 Å². The number of carbonyl (C=O) groups excluding carboxylic acids is 2. The molecular formula is C22H25NO7. The molecule has 0 aliphatic carbocycles. The van der Waals surface area contributed by atoms with Crippen LogP contribution in [0.3, 0.4) is 0 Å². The fraction of sp³-hybridized carbons (Fsp3) is 0.364. The zero-order chi connectivity index (χ0) is 21.5. The third kappa shape index (κ3) is 5.14. The minimum atomic E-state index is -0.385. The number of benzene rings is 2. The van der Waals surface area contributed by atoms with E-state index in [2.05, 4.69) is 5.32 Å². The number of rotatable bonds is 9. The molecule has 0 radical (unpaired) electrons. The lowest BCUT2D eigenvalue weighted by Crippen LogP contribution is -2.27. The third-order valence-corrected chi connectivity index (χ3v) is 4.79. The number of hydrogen-bond acceptors (Lipinski definition) is 7. The van der Waals surface area contributed by atoms with Crippen LogP contribution in [0.5, 0.6) is 23.0 Å². The summed E-state index contributed by atoms with van der Waals surface area (Å²) in [5, 5.41) is 2.91. The fourth-order valence-electron chi connectivity index (χ4n) is 3.20. The Labute approximate surface area is 175 Å². The number of amides is 1. The van der Waals surface area contributed by atoms with Gasteiger partial charge in [-0.2, -0.15) is 0 Å². The highest BCUT2D eigenvalue weighted by molar-refractivity contribution is 5.80. The first kappa shape index (κ1) is 21.3. The second kappa shape index (κ2) is 9.87. The molecule has 2 aromatic rings. The van der Waals surface area contributed by atoms with Crippen molar-refractivity contribution in [2.75, 3.05) is 34.7 Å². The zero-order valence-corrected chi connectivity index (χ0v) is 17.3. The van der Waals surface area contributed by atoms with E-state index in [0.29, 0.717) is 47.1 Å². The average molecular weight is 415 g/mol. The lowest BCUT2D eigenvalue weighted by molar-refractivity contribution is -0.139. The summed E-state index contributed by atoms with van der Waals surface area (Å²) >= 11 is 0. The Hall–Kier alpha value is -3.42. The maximum absolute atomic E-state index is 12.5. The van der Waals surface area contributed by atoms with Crippen LogP contribution >= 0.6 is 0 Å². The number of esters is 1. The molecule has 8 nitrogen and oxygen atoms in total. The van der Waals surface area contributed by atoms with Gasteiger partial charge >= 0.3 is 5.97 Å². The van der Waals surface area contributed by atoms with E-state index in [1.807, 2.05) is 18.2 Å². The SMILES string of the molecule is COC(=O)Cc1cc2c(cc1CC(=O)NCCc1ccc(OC)c(OC)c1)OCO2. The minimum Gasteiger partial charge on any atom is -0.493 e. The van der Waals surface area contributed by atoms with E-state index < -0.39 is 0 Å². The van der Waals surface area contributed by atoms with Crippen LogP contribution in [0.25, 0.3) is 0 Å². The summed E-state index contributed by atoms with van der Waals surface area (Å²) in [7, 11) is 4.50. The molecule has 0 unspecified atom stereocenters. The molecule has 1 aliphatic heterocycles. The lowest BCUT2D eigenvalue weighted by Gasteiger charge is -2.12. The van der Waals surface area contributed by atoms with E-state index in [-0.39, 0.29) is 31.5 Å². The van der Waals surface area contributed by atoms with Crippen molar-refractivity contribution < 1.29 is 33.3 Å². The monoisotopic (exact) mass is 415 g/mol. The van der Waals surface area contributed by atoms with E-state index in [4.69, 9.17) is 23.7 Å². The van der Waals surface area contributed by atoms with Crippen molar-refractivity contribution in [3.63, 3.8) is 0 Å². The van der Waals surface area contributed by atoms with Crippen LogP contribution < -0.4 is 24.3 Å². The van der Waals surface area contributed by atoms with E-state index >= 15 is 0 Å².